The van der Waals surface area contributed by atoms with Crippen molar-refractivity contribution >= 4 is 47.3 Å². The van der Waals surface area contributed by atoms with Gasteiger partial charge in [0.1, 0.15) is 12.7 Å². The zero-order valence-corrected chi connectivity index (χ0v) is 22.2. The number of nitrogens with zero attached hydrogens (tertiary/aromatic N) is 2. The molecule has 14 nitrogen and oxygen atoms in total. The molecule has 2 aliphatic heterocycles. The quantitative estimate of drug-likeness (QED) is 0.252. The molecule has 2 rings (SSSR count). The highest BCUT2D eigenvalue weighted by Gasteiger charge is 2.52. The van der Waals surface area contributed by atoms with E-state index < -0.39 is 60.6 Å². The maximum absolute atomic E-state index is 12.0. The molecule has 1 N–H and O–H groups in total. The van der Waals surface area contributed by atoms with Crippen molar-refractivity contribution < 1.29 is 52.4 Å². The summed E-state index contributed by atoms with van der Waals surface area (Å²) in [5.41, 5.74) is 0. The molecule has 0 radical (unpaired) electrons. The molecule has 37 heavy (non-hydrogen) atoms. The van der Waals surface area contributed by atoms with Crippen LogP contribution in [0.3, 0.4) is 0 Å². The minimum atomic E-state index is -1.31. The van der Waals surface area contributed by atoms with E-state index in [4.69, 9.17) is 40.6 Å². The van der Waals surface area contributed by atoms with Crippen LogP contribution in [0.2, 0.25) is 0 Å². The van der Waals surface area contributed by atoms with Gasteiger partial charge in [0.2, 0.25) is 0 Å². The highest BCUT2D eigenvalue weighted by atomic mass is 32.1. The van der Waals surface area contributed by atoms with Gasteiger partial charge in [-0.15, -0.1) is 0 Å². The van der Waals surface area contributed by atoms with Gasteiger partial charge in [0.05, 0.1) is 6.61 Å². The van der Waals surface area contributed by atoms with Crippen LogP contribution < -0.4 is 5.32 Å². The number of hydrogen-bond donors (Lipinski definition) is 1. The molecule has 15 heteroatoms. The van der Waals surface area contributed by atoms with Gasteiger partial charge in [0, 0.05) is 53.9 Å². The monoisotopic (exact) mass is 547 g/mol. The molecule has 0 aromatic heterocycles. The van der Waals surface area contributed by atoms with Crippen LogP contribution in [0.5, 0.6) is 0 Å². The maximum Gasteiger partial charge on any atom is 0.409 e. The van der Waals surface area contributed by atoms with Crippen LogP contribution in [0.1, 0.15) is 34.6 Å². The van der Waals surface area contributed by atoms with E-state index in [1.165, 1.54) is 6.92 Å². The Hall–Kier alpha value is -3.20. The average molecular weight is 548 g/mol. The van der Waals surface area contributed by atoms with Crippen molar-refractivity contribution in [3.8, 4) is 0 Å². The number of carbonyl (C=O) groups is 5. The highest BCUT2D eigenvalue weighted by molar-refractivity contribution is 7.80. The Morgan fingerprint density at radius 1 is 0.784 bits per heavy atom. The number of nitrogens with one attached hydrogen (secondary N) is 1. The van der Waals surface area contributed by atoms with Gasteiger partial charge in [-0.05, 0) is 19.1 Å². The Kier molecular flexibility index (Phi) is 11.3. The smallest absolute Gasteiger partial charge is 0.409 e. The van der Waals surface area contributed by atoms with Crippen molar-refractivity contribution in [2.75, 3.05) is 39.4 Å². The summed E-state index contributed by atoms with van der Waals surface area (Å²) in [6, 6.07) is 0. The van der Waals surface area contributed by atoms with E-state index in [9.17, 15) is 24.0 Å². The summed E-state index contributed by atoms with van der Waals surface area (Å²) >= 11 is 5.53. The standard InChI is InChI=1S/C22H33N3O11S/c1-6-31-22(30)25-9-7-24(8-10-25)21(37)23-20-19(35-15(5)29)18(34-14(4)28)17(33-13(3)27)16(36-20)11-32-12(2)26/h16-20H,6-11H2,1-5H3,(H,23,37). The fraction of sp³-hybridized carbons (Fsp3) is 0.727. The Balaban J connectivity index is 2.26. The Morgan fingerprint density at radius 2 is 1.30 bits per heavy atom. The number of carbonyl (C=O) groups excluding carboxylic acids is 5. The van der Waals surface area contributed by atoms with Crippen molar-refractivity contribution in [3.63, 3.8) is 0 Å². The molecule has 0 aromatic carbocycles. The number of esters is 4. The number of ether oxygens (including phenoxy) is 6. The molecular weight excluding hydrogens is 514 g/mol. The molecule has 0 bridgehead atoms. The van der Waals surface area contributed by atoms with E-state index in [0.29, 0.717) is 26.2 Å². The topological polar surface area (TPSA) is 159 Å². The van der Waals surface area contributed by atoms with Crippen molar-refractivity contribution in [2.45, 2.75) is 65.3 Å². The van der Waals surface area contributed by atoms with Crippen LogP contribution in [0.4, 0.5) is 4.79 Å². The number of piperazine rings is 1. The molecule has 0 saturated carbocycles. The third-order valence-corrected chi connectivity index (χ3v) is 5.73. The lowest BCUT2D eigenvalue weighted by molar-refractivity contribution is -0.255. The molecule has 2 aliphatic rings. The first-order valence-electron chi connectivity index (χ1n) is 11.7. The van der Waals surface area contributed by atoms with E-state index in [1.807, 2.05) is 0 Å². The van der Waals surface area contributed by atoms with Crippen LogP contribution >= 0.6 is 12.2 Å². The van der Waals surface area contributed by atoms with Gasteiger partial charge >= 0.3 is 30.0 Å². The molecule has 2 fully saturated rings. The second-order valence-corrected chi connectivity index (χ2v) is 8.63. The average Bonchev–Trinajstić information content (AvgIpc) is 2.81. The zero-order chi connectivity index (χ0) is 27.7. The Bertz CT molecular complexity index is 878. The molecule has 1 amide bonds. The van der Waals surface area contributed by atoms with Gasteiger partial charge in [0.25, 0.3) is 0 Å². The summed E-state index contributed by atoms with van der Waals surface area (Å²) in [5, 5.41) is 3.17. The van der Waals surface area contributed by atoms with Crippen LogP contribution in [0.25, 0.3) is 0 Å². The molecule has 5 unspecified atom stereocenters. The van der Waals surface area contributed by atoms with Crippen LogP contribution in [-0.2, 0) is 47.6 Å². The number of rotatable bonds is 7. The molecule has 2 heterocycles. The van der Waals surface area contributed by atoms with Gasteiger partial charge in [0.15, 0.2) is 29.7 Å². The SMILES string of the molecule is CCOC(=O)N1CCN(C(=S)NC2OC(COC(C)=O)C(OC(C)=O)C(OC(C)=O)C2OC(C)=O)CC1. The lowest BCUT2D eigenvalue weighted by Gasteiger charge is -2.45. The summed E-state index contributed by atoms with van der Waals surface area (Å²) in [6.07, 6.45) is -6.52. The van der Waals surface area contributed by atoms with Gasteiger partial charge in [-0.2, -0.15) is 0 Å². The molecule has 2 saturated heterocycles. The Morgan fingerprint density at radius 3 is 1.81 bits per heavy atom. The van der Waals surface area contributed by atoms with Gasteiger partial charge in [-0.25, -0.2) is 4.79 Å². The molecule has 0 spiro atoms. The van der Waals surface area contributed by atoms with Gasteiger partial charge in [-0.3, -0.25) is 19.2 Å². The van der Waals surface area contributed by atoms with Crippen LogP contribution in [-0.4, -0.2) is 115 Å². The van der Waals surface area contributed by atoms with Crippen molar-refractivity contribution in [1.29, 1.82) is 0 Å². The molecule has 208 valence electrons. The van der Waals surface area contributed by atoms with Crippen molar-refractivity contribution in [3.05, 3.63) is 0 Å². The molecule has 0 aliphatic carbocycles. The second-order valence-electron chi connectivity index (χ2n) is 8.24. The largest absolute Gasteiger partial charge is 0.463 e. The van der Waals surface area contributed by atoms with Gasteiger partial charge < -0.3 is 43.5 Å². The van der Waals surface area contributed by atoms with Crippen molar-refractivity contribution in [1.82, 2.24) is 15.1 Å². The molecular formula is C22H33N3O11S. The molecule has 5 atom stereocenters. The van der Waals surface area contributed by atoms with Crippen molar-refractivity contribution in [2.24, 2.45) is 0 Å². The highest BCUT2D eigenvalue weighted by Crippen LogP contribution is 2.28. The normalized spacial score (nSPS) is 25.4. The predicted octanol–water partition coefficient (Wildman–Crippen LogP) is -0.282. The van der Waals surface area contributed by atoms with E-state index in [1.54, 1.807) is 16.7 Å². The first-order chi connectivity index (χ1) is 17.4. The summed E-state index contributed by atoms with van der Waals surface area (Å²) in [4.78, 5) is 62.4. The fourth-order valence-corrected chi connectivity index (χ4v) is 4.16. The maximum atomic E-state index is 12.0. The number of amides is 1. The van der Waals surface area contributed by atoms with E-state index in [-0.39, 0.29) is 18.3 Å². The third kappa shape index (κ3) is 9.00. The lowest BCUT2D eigenvalue weighted by atomic mass is 9.97. The first kappa shape index (κ1) is 30.0. The third-order valence-electron chi connectivity index (χ3n) is 5.35. The van der Waals surface area contributed by atoms with Gasteiger partial charge in [-0.1, -0.05) is 0 Å². The summed E-state index contributed by atoms with van der Waals surface area (Å²) in [5.74, 6) is -2.78. The number of hydrogen-bond acceptors (Lipinski definition) is 12. The van der Waals surface area contributed by atoms with Crippen LogP contribution in [0.15, 0.2) is 0 Å². The van der Waals surface area contributed by atoms with E-state index in [2.05, 4.69) is 5.32 Å². The summed E-state index contributed by atoms with van der Waals surface area (Å²) in [7, 11) is 0. The minimum Gasteiger partial charge on any atom is -0.463 e. The summed E-state index contributed by atoms with van der Waals surface area (Å²) in [6.45, 7) is 7.76. The minimum absolute atomic E-state index is 0.212. The van der Waals surface area contributed by atoms with E-state index in [0.717, 1.165) is 20.8 Å². The first-order valence-corrected chi connectivity index (χ1v) is 12.1. The predicted molar refractivity (Wildman–Crippen MR) is 128 cm³/mol. The lowest BCUT2D eigenvalue weighted by Crippen LogP contribution is -2.67. The fourth-order valence-electron chi connectivity index (χ4n) is 3.86. The van der Waals surface area contributed by atoms with E-state index >= 15 is 0 Å². The number of thiocarbonyl (C=S) groups is 1. The zero-order valence-electron chi connectivity index (χ0n) is 21.4. The second kappa shape index (κ2) is 13.9. The Labute approximate surface area is 219 Å². The van der Waals surface area contributed by atoms with Crippen LogP contribution in [0, 0.1) is 0 Å². The molecule has 0 aromatic rings. The summed E-state index contributed by atoms with van der Waals surface area (Å²) < 4.78 is 32.2.